The van der Waals surface area contributed by atoms with Crippen molar-refractivity contribution in [3.05, 3.63) is 29.8 Å². The molecule has 4 nitrogen and oxygen atoms in total. The molecule has 0 aliphatic heterocycles. The minimum atomic E-state index is 0.567. The highest BCUT2D eigenvalue weighted by molar-refractivity contribution is 5.59. The Balaban J connectivity index is 2.04. The predicted octanol–water partition coefficient (Wildman–Crippen LogP) is 4.85. The molecule has 0 radical (unpaired) electrons. The fourth-order valence-corrected chi connectivity index (χ4v) is 3.74. The molecule has 1 aliphatic carbocycles. The molecule has 0 amide bonds. The second-order valence-electron chi connectivity index (χ2n) is 7.96. The number of aromatic nitrogens is 4. The Bertz CT molecular complexity index is 666. The average Bonchev–Trinajstić information content (AvgIpc) is 3.18. The number of pyridine rings is 1. The van der Waals surface area contributed by atoms with E-state index < -0.39 is 0 Å². The van der Waals surface area contributed by atoms with Crippen LogP contribution in [-0.4, -0.2) is 19.7 Å². The van der Waals surface area contributed by atoms with Crippen molar-refractivity contribution in [2.75, 3.05) is 0 Å². The molecule has 0 saturated heterocycles. The van der Waals surface area contributed by atoms with Crippen molar-refractivity contribution in [1.82, 2.24) is 19.7 Å². The minimum Gasteiger partial charge on any atom is -0.311 e. The zero-order chi connectivity index (χ0) is 17.1. The summed E-state index contributed by atoms with van der Waals surface area (Å²) in [4.78, 5) is 4.75. The number of hydrogen-bond acceptors (Lipinski definition) is 3. The molecule has 130 valence electrons. The van der Waals surface area contributed by atoms with Gasteiger partial charge in [0.15, 0.2) is 5.82 Å². The van der Waals surface area contributed by atoms with Gasteiger partial charge in [-0.1, -0.05) is 40.5 Å². The summed E-state index contributed by atoms with van der Waals surface area (Å²) in [5.41, 5.74) is 2.41. The van der Waals surface area contributed by atoms with Gasteiger partial charge in [0, 0.05) is 30.6 Å². The van der Waals surface area contributed by atoms with Crippen LogP contribution in [0.4, 0.5) is 0 Å². The maximum absolute atomic E-state index is 4.75. The lowest BCUT2D eigenvalue weighted by Crippen LogP contribution is -2.13. The second-order valence-corrected chi connectivity index (χ2v) is 7.96. The van der Waals surface area contributed by atoms with Crippen molar-refractivity contribution in [2.24, 2.45) is 11.8 Å². The summed E-state index contributed by atoms with van der Waals surface area (Å²) in [6.07, 6.45) is 8.03. The Hall–Kier alpha value is -1.71. The highest BCUT2D eigenvalue weighted by Crippen LogP contribution is 2.37. The zero-order valence-electron chi connectivity index (χ0n) is 15.5. The SMILES string of the molecule is CC(C)Cc1nnc(-c2cccnc2C2CCCC2)n1CC(C)C. The van der Waals surface area contributed by atoms with Gasteiger partial charge in [-0.2, -0.15) is 0 Å². The molecule has 1 saturated carbocycles. The Morgan fingerprint density at radius 1 is 1.08 bits per heavy atom. The lowest BCUT2D eigenvalue weighted by atomic mass is 9.98. The molecule has 0 unspecified atom stereocenters. The number of rotatable bonds is 6. The molecule has 2 aromatic rings. The van der Waals surface area contributed by atoms with E-state index >= 15 is 0 Å². The molecular weight excluding hydrogens is 296 g/mol. The van der Waals surface area contributed by atoms with Crippen LogP contribution in [0.3, 0.4) is 0 Å². The van der Waals surface area contributed by atoms with E-state index in [0.717, 1.165) is 24.6 Å². The first kappa shape index (κ1) is 17.1. The summed E-state index contributed by atoms with van der Waals surface area (Å²) in [6, 6.07) is 4.21. The standard InChI is InChI=1S/C20H30N4/c1-14(2)12-18-22-23-20(24(18)13-15(3)4)17-10-7-11-21-19(17)16-8-5-6-9-16/h7,10-11,14-16H,5-6,8-9,12-13H2,1-4H3. The highest BCUT2D eigenvalue weighted by Gasteiger charge is 2.25. The topological polar surface area (TPSA) is 43.6 Å². The van der Waals surface area contributed by atoms with E-state index in [9.17, 15) is 0 Å². The van der Waals surface area contributed by atoms with E-state index in [0.29, 0.717) is 17.8 Å². The maximum Gasteiger partial charge on any atom is 0.165 e. The van der Waals surface area contributed by atoms with Crippen LogP contribution in [0.5, 0.6) is 0 Å². The Kier molecular flexibility index (Phi) is 5.32. The van der Waals surface area contributed by atoms with Gasteiger partial charge in [0.25, 0.3) is 0 Å². The van der Waals surface area contributed by atoms with Gasteiger partial charge in [-0.25, -0.2) is 0 Å². The van der Waals surface area contributed by atoms with E-state index in [1.165, 1.54) is 36.9 Å². The van der Waals surface area contributed by atoms with Gasteiger partial charge in [0.1, 0.15) is 5.82 Å². The molecule has 1 fully saturated rings. The maximum atomic E-state index is 4.75. The average molecular weight is 326 g/mol. The highest BCUT2D eigenvalue weighted by atomic mass is 15.3. The van der Waals surface area contributed by atoms with Crippen molar-refractivity contribution < 1.29 is 0 Å². The van der Waals surface area contributed by atoms with Crippen LogP contribution >= 0.6 is 0 Å². The summed E-state index contributed by atoms with van der Waals surface area (Å²) < 4.78 is 2.33. The molecule has 3 rings (SSSR count). The lowest BCUT2D eigenvalue weighted by Gasteiger charge is -2.17. The van der Waals surface area contributed by atoms with Gasteiger partial charge in [-0.05, 0) is 36.8 Å². The molecule has 0 aromatic carbocycles. The molecule has 0 spiro atoms. The molecular formula is C20H30N4. The van der Waals surface area contributed by atoms with Crippen LogP contribution < -0.4 is 0 Å². The van der Waals surface area contributed by atoms with Crippen molar-refractivity contribution in [2.45, 2.75) is 72.3 Å². The Labute approximate surface area is 145 Å². The van der Waals surface area contributed by atoms with Crippen LogP contribution in [0.25, 0.3) is 11.4 Å². The second kappa shape index (κ2) is 7.45. The molecule has 24 heavy (non-hydrogen) atoms. The first-order valence-corrected chi connectivity index (χ1v) is 9.43. The van der Waals surface area contributed by atoms with E-state index in [-0.39, 0.29) is 0 Å². The summed E-state index contributed by atoms with van der Waals surface area (Å²) in [6.45, 7) is 9.95. The third-order valence-corrected chi connectivity index (χ3v) is 4.79. The molecule has 2 heterocycles. The quantitative estimate of drug-likeness (QED) is 0.762. The molecule has 0 N–H and O–H groups in total. The third-order valence-electron chi connectivity index (χ3n) is 4.79. The molecule has 0 atom stereocenters. The van der Waals surface area contributed by atoms with Crippen LogP contribution in [0.2, 0.25) is 0 Å². The van der Waals surface area contributed by atoms with Crippen molar-refractivity contribution in [1.29, 1.82) is 0 Å². The molecule has 1 aliphatic rings. The van der Waals surface area contributed by atoms with Crippen molar-refractivity contribution in [3.63, 3.8) is 0 Å². The number of hydrogen-bond donors (Lipinski definition) is 0. The molecule has 0 bridgehead atoms. The van der Waals surface area contributed by atoms with Gasteiger partial charge in [-0.3, -0.25) is 4.98 Å². The third kappa shape index (κ3) is 3.68. The summed E-state index contributed by atoms with van der Waals surface area (Å²) in [5, 5.41) is 9.14. The largest absolute Gasteiger partial charge is 0.311 e. The van der Waals surface area contributed by atoms with Crippen LogP contribution in [0, 0.1) is 11.8 Å². The molecule has 4 heteroatoms. The van der Waals surface area contributed by atoms with Crippen molar-refractivity contribution in [3.8, 4) is 11.4 Å². The molecule has 2 aromatic heterocycles. The van der Waals surface area contributed by atoms with E-state index in [1.807, 2.05) is 12.3 Å². The minimum absolute atomic E-state index is 0.567. The first-order valence-electron chi connectivity index (χ1n) is 9.43. The Morgan fingerprint density at radius 3 is 2.50 bits per heavy atom. The summed E-state index contributed by atoms with van der Waals surface area (Å²) >= 11 is 0. The summed E-state index contributed by atoms with van der Waals surface area (Å²) in [7, 11) is 0. The van der Waals surface area contributed by atoms with Gasteiger partial charge in [0.05, 0.1) is 5.69 Å². The van der Waals surface area contributed by atoms with Crippen LogP contribution in [-0.2, 0) is 13.0 Å². The zero-order valence-corrected chi connectivity index (χ0v) is 15.5. The lowest BCUT2D eigenvalue weighted by molar-refractivity contribution is 0.493. The normalized spacial score (nSPS) is 15.8. The van der Waals surface area contributed by atoms with E-state index in [2.05, 4.69) is 48.5 Å². The van der Waals surface area contributed by atoms with Crippen molar-refractivity contribution >= 4 is 0 Å². The van der Waals surface area contributed by atoms with E-state index in [1.54, 1.807) is 0 Å². The van der Waals surface area contributed by atoms with Gasteiger partial charge >= 0.3 is 0 Å². The smallest absolute Gasteiger partial charge is 0.165 e. The van der Waals surface area contributed by atoms with Crippen LogP contribution in [0.1, 0.15) is 70.8 Å². The first-order chi connectivity index (χ1) is 11.6. The monoisotopic (exact) mass is 326 g/mol. The predicted molar refractivity (Wildman–Crippen MR) is 97.8 cm³/mol. The van der Waals surface area contributed by atoms with Gasteiger partial charge in [-0.15, -0.1) is 10.2 Å². The number of nitrogens with zero attached hydrogens (tertiary/aromatic N) is 4. The van der Waals surface area contributed by atoms with Gasteiger partial charge < -0.3 is 4.57 Å². The van der Waals surface area contributed by atoms with Gasteiger partial charge in [0.2, 0.25) is 0 Å². The fourth-order valence-electron chi connectivity index (χ4n) is 3.74. The fraction of sp³-hybridized carbons (Fsp3) is 0.650. The Morgan fingerprint density at radius 2 is 1.83 bits per heavy atom. The summed E-state index contributed by atoms with van der Waals surface area (Å²) in [5.74, 6) is 3.84. The van der Waals surface area contributed by atoms with E-state index in [4.69, 9.17) is 4.98 Å². The van der Waals surface area contributed by atoms with Crippen LogP contribution in [0.15, 0.2) is 18.3 Å².